The maximum absolute atomic E-state index is 3.55. The van der Waals surface area contributed by atoms with Gasteiger partial charge in [-0.25, -0.2) is 0 Å². The first kappa shape index (κ1) is 15.7. The first-order valence-corrected chi connectivity index (χ1v) is 7.21. The van der Waals surface area contributed by atoms with E-state index in [0.29, 0.717) is 6.04 Å². The highest BCUT2D eigenvalue weighted by Crippen LogP contribution is 2.01. The average molecular weight is 225 g/mol. The zero-order chi connectivity index (χ0) is 12.1. The predicted molar refractivity (Wildman–Crippen MR) is 74.9 cm³/mol. The molecular formula is C15H31N. The smallest absolute Gasteiger partial charge is 0.0221 e. The van der Waals surface area contributed by atoms with Gasteiger partial charge in [0, 0.05) is 6.04 Å². The van der Waals surface area contributed by atoms with Crippen LogP contribution < -0.4 is 5.32 Å². The second-order valence-electron chi connectivity index (χ2n) is 4.73. The molecule has 1 atom stereocenters. The van der Waals surface area contributed by atoms with Gasteiger partial charge in [-0.1, -0.05) is 64.5 Å². The van der Waals surface area contributed by atoms with E-state index in [0.717, 1.165) is 0 Å². The van der Waals surface area contributed by atoms with Gasteiger partial charge >= 0.3 is 0 Å². The molecule has 1 unspecified atom stereocenters. The molecule has 1 heteroatoms. The van der Waals surface area contributed by atoms with Crippen LogP contribution in [0.4, 0.5) is 0 Å². The summed E-state index contributed by atoms with van der Waals surface area (Å²) >= 11 is 0. The summed E-state index contributed by atoms with van der Waals surface area (Å²) in [7, 11) is 0. The average Bonchev–Trinajstić information content (AvgIpc) is 2.29. The third kappa shape index (κ3) is 11.8. The summed E-state index contributed by atoms with van der Waals surface area (Å²) in [5.41, 5.74) is 0. The molecule has 16 heavy (non-hydrogen) atoms. The van der Waals surface area contributed by atoms with Gasteiger partial charge in [0.05, 0.1) is 0 Å². The van der Waals surface area contributed by atoms with Gasteiger partial charge in [-0.3, -0.25) is 0 Å². The molecule has 0 bridgehead atoms. The Hall–Kier alpha value is -0.300. The zero-order valence-electron chi connectivity index (χ0n) is 11.6. The van der Waals surface area contributed by atoms with E-state index in [2.05, 4.69) is 38.2 Å². The lowest BCUT2D eigenvalue weighted by Gasteiger charge is -2.09. The molecule has 0 aliphatic heterocycles. The first-order valence-electron chi connectivity index (χ1n) is 7.21. The van der Waals surface area contributed by atoms with Gasteiger partial charge in [-0.15, -0.1) is 0 Å². The van der Waals surface area contributed by atoms with Crippen LogP contribution in [-0.4, -0.2) is 12.6 Å². The van der Waals surface area contributed by atoms with Crippen molar-refractivity contribution in [2.75, 3.05) is 6.54 Å². The number of hydrogen-bond acceptors (Lipinski definition) is 1. The third-order valence-electron chi connectivity index (χ3n) is 2.90. The summed E-state index contributed by atoms with van der Waals surface area (Å²) in [6.45, 7) is 7.92. The van der Waals surface area contributed by atoms with Gasteiger partial charge in [0.2, 0.25) is 0 Å². The number of allylic oxidation sites excluding steroid dienone is 1. The molecule has 0 rings (SSSR count). The monoisotopic (exact) mass is 225 g/mol. The zero-order valence-corrected chi connectivity index (χ0v) is 11.6. The van der Waals surface area contributed by atoms with Gasteiger partial charge < -0.3 is 5.32 Å². The number of hydrogen-bond donors (Lipinski definition) is 1. The van der Waals surface area contributed by atoms with Crippen LogP contribution in [0.1, 0.15) is 72.1 Å². The largest absolute Gasteiger partial charge is 0.311 e. The second kappa shape index (κ2) is 12.8. The molecule has 0 spiro atoms. The van der Waals surface area contributed by atoms with E-state index >= 15 is 0 Å². The minimum absolute atomic E-state index is 0.544. The Labute approximate surface area is 103 Å². The molecule has 0 saturated carbocycles. The van der Waals surface area contributed by atoms with Crippen LogP contribution in [0, 0.1) is 0 Å². The molecular weight excluding hydrogens is 194 g/mol. The lowest BCUT2D eigenvalue weighted by atomic mass is 10.1. The van der Waals surface area contributed by atoms with Crippen LogP contribution >= 0.6 is 0 Å². The number of nitrogens with one attached hydrogen (secondary N) is 1. The van der Waals surface area contributed by atoms with E-state index in [1.165, 1.54) is 57.9 Å². The van der Waals surface area contributed by atoms with Crippen LogP contribution in [0.15, 0.2) is 12.2 Å². The topological polar surface area (TPSA) is 12.0 Å². The van der Waals surface area contributed by atoms with E-state index in [1.807, 2.05) is 0 Å². The summed E-state index contributed by atoms with van der Waals surface area (Å²) < 4.78 is 0. The van der Waals surface area contributed by atoms with Crippen LogP contribution in [0.25, 0.3) is 0 Å². The van der Waals surface area contributed by atoms with Crippen molar-refractivity contribution >= 4 is 0 Å². The van der Waals surface area contributed by atoms with Crippen molar-refractivity contribution in [1.29, 1.82) is 0 Å². The standard InChI is InChI=1S/C15H31N/c1-4-6-8-10-12-14-16-15(3)13-11-9-7-5-2/h11,13,15-16H,4-10,12,14H2,1-3H3. The van der Waals surface area contributed by atoms with Gasteiger partial charge in [-0.2, -0.15) is 0 Å². The Balaban J connectivity index is 3.22. The lowest BCUT2D eigenvalue weighted by Crippen LogP contribution is -2.24. The second-order valence-corrected chi connectivity index (χ2v) is 4.73. The highest BCUT2D eigenvalue weighted by atomic mass is 14.9. The molecule has 0 amide bonds. The van der Waals surface area contributed by atoms with Crippen molar-refractivity contribution in [1.82, 2.24) is 5.32 Å². The molecule has 1 nitrogen and oxygen atoms in total. The highest BCUT2D eigenvalue weighted by molar-refractivity contribution is 4.90. The Bertz CT molecular complexity index is 152. The Morgan fingerprint density at radius 3 is 2.31 bits per heavy atom. The van der Waals surface area contributed by atoms with Crippen molar-refractivity contribution in [2.24, 2.45) is 0 Å². The van der Waals surface area contributed by atoms with Crippen molar-refractivity contribution < 1.29 is 0 Å². The Morgan fingerprint density at radius 1 is 0.938 bits per heavy atom. The Kier molecular flexibility index (Phi) is 12.5. The van der Waals surface area contributed by atoms with Crippen LogP contribution in [0.5, 0.6) is 0 Å². The predicted octanol–water partition coefficient (Wildman–Crippen LogP) is 4.68. The quantitative estimate of drug-likeness (QED) is 0.397. The highest BCUT2D eigenvalue weighted by Gasteiger charge is 1.94. The van der Waals surface area contributed by atoms with E-state index in [1.54, 1.807) is 0 Å². The number of unbranched alkanes of at least 4 members (excludes halogenated alkanes) is 6. The molecule has 1 N–H and O–H groups in total. The summed E-state index contributed by atoms with van der Waals surface area (Å²) in [5.74, 6) is 0. The molecule has 96 valence electrons. The molecule has 0 aliphatic rings. The summed E-state index contributed by atoms with van der Waals surface area (Å²) in [5, 5.41) is 3.55. The Morgan fingerprint density at radius 2 is 1.62 bits per heavy atom. The van der Waals surface area contributed by atoms with E-state index < -0.39 is 0 Å². The van der Waals surface area contributed by atoms with Gasteiger partial charge in [-0.05, 0) is 26.3 Å². The minimum atomic E-state index is 0.544. The molecule has 0 aromatic carbocycles. The van der Waals surface area contributed by atoms with E-state index in [9.17, 15) is 0 Å². The molecule has 0 radical (unpaired) electrons. The van der Waals surface area contributed by atoms with Gasteiger partial charge in [0.25, 0.3) is 0 Å². The molecule has 0 fully saturated rings. The third-order valence-corrected chi connectivity index (χ3v) is 2.90. The molecule has 0 aromatic heterocycles. The van der Waals surface area contributed by atoms with Crippen LogP contribution in [-0.2, 0) is 0 Å². The number of rotatable bonds is 11. The molecule has 0 aromatic rings. The van der Waals surface area contributed by atoms with Gasteiger partial charge in [0.1, 0.15) is 0 Å². The van der Waals surface area contributed by atoms with Crippen molar-refractivity contribution in [3.8, 4) is 0 Å². The van der Waals surface area contributed by atoms with Crippen LogP contribution in [0.2, 0.25) is 0 Å². The SMILES string of the molecule is CCCCC=CC(C)NCCCCCCC. The summed E-state index contributed by atoms with van der Waals surface area (Å²) in [4.78, 5) is 0. The molecule has 0 heterocycles. The fraction of sp³-hybridized carbons (Fsp3) is 0.867. The van der Waals surface area contributed by atoms with Crippen molar-refractivity contribution in [3.63, 3.8) is 0 Å². The van der Waals surface area contributed by atoms with Crippen LogP contribution in [0.3, 0.4) is 0 Å². The molecule has 0 aliphatic carbocycles. The summed E-state index contributed by atoms with van der Waals surface area (Å²) in [6, 6.07) is 0.544. The molecule has 0 saturated heterocycles. The van der Waals surface area contributed by atoms with Crippen molar-refractivity contribution in [2.45, 2.75) is 78.2 Å². The summed E-state index contributed by atoms with van der Waals surface area (Å²) in [6.07, 6.45) is 15.3. The maximum Gasteiger partial charge on any atom is 0.0221 e. The van der Waals surface area contributed by atoms with Crippen molar-refractivity contribution in [3.05, 3.63) is 12.2 Å². The van der Waals surface area contributed by atoms with Gasteiger partial charge in [0.15, 0.2) is 0 Å². The minimum Gasteiger partial charge on any atom is -0.311 e. The fourth-order valence-corrected chi connectivity index (χ4v) is 1.75. The fourth-order valence-electron chi connectivity index (χ4n) is 1.75. The maximum atomic E-state index is 3.55. The first-order chi connectivity index (χ1) is 7.81. The normalized spacial score (nSPS) is 13.4. The van der Waals surface area contributed by atoms with E-state index in [-0.39, 0.29) is 0 Å². The van der Waals surface area contributed by atoms with E-state index in [4.69, 9.17) is 0 Å². The lowest BCUT2D eigenvalue weighted by molar-refractivity contribution is 0.561.